The van der Waals surface area contributed by atoms with E-state index in [1.165, 1.54) is 0 Å². The first-order valence-electron chi connectivity index (χ1n) is 30.0. The van der Waals surface area contributed by atoms with Gasteiger partial charge in [-0.05, 0) is 108 Å². The molecule has 8 aliphatic rings. The van der Waals surface area contributed by atoms with Crippen molar-refractivity contribution in [2.24, 2.45) is 0 Å². The lowest BCUT2D eigenvalue weighted by molar-refractivity contribution is -0.330. The molecule has 24 nitrogen and oxygen atoms in total. The summed E-state index contributed by atoms with van der Waals surface area (Å²) in [6, 6.07) is 1.30. The van der Waals surface area contributed by atoms with Crippen LogP contribution in [0, 0.1) is 0 Å². The number of carbonyl (C=O) groups is 2. The molecule has 2 aromatic carbocycles. The van der Waals surface area contributed by atoms with E-state index in [1.807, 2.05) is 58.8 Å². The number of phenolic OH excluding ortho intramolecular Hbond substituents is 4. The van der Waals surface area contributed by atoms with E-state index in [0.717, 1.165) is 12.1 Å². The van der Waals surface area contributed by atoms with Gasteiger partial charge in [0.25, 0.3) is 0 Å². The number of likely N-dealkylation sites (N-methyl/N-ethyl adjacent to an activating group) is 2. The van der Waals surface area contributed by atoms with Crippen molar-refractivity contribution in [3.63, 3.8) is 0 Å². The molecule has 8 N–H and O–H groups in total. The summed E-state index contributed by atoms with van der Waals surface area (Å²) in [5.41, 5.74) is -4.81. The fourth-order valence-corrected chi connectivity index (χ4v) is 13.8. The SMILES string of the molecule is CC[C@@]1(O)C[C@H](O[C@@H]2C[C@H](N(C)C)[C@@H](O[C@H]3C[C@@H](O)[C@@H](O[C@H]4CC[C@H](O)[C@H](C)O4)[C@@H](C)O3)[C@@H](C)O2)c2c(O)c3c(c(O)c2[C@H]1O[C@H]1C[C@H](N(C)C)[C@H](O[C@H]2CC[C@H](O[C@H]4CC[C@H](O)[C@@H](C)O4)[C@@H](C)O2)[C@@H](C)O1)C(=O)c1c(O)ccc(O)c1C3=O. The highest BCUT2D eigenvalue weighted by Gasteiger charge is 2.56. The maximum Gasteiger partial charge on any atom is 0.202 e. The molecule has 470 valence electrons. The van der Waals surface area contributed by atoms with Crippen molar-refractivity contribution in [1.29, 1.82) is 0 Å². The molecular formula is C60H88N2O22. The molecule has 24 heteroatoms. The number of carbonyl (C=O) groups excluding carboxylic acids is 2. The summed E-state index contributed by atoms with van der Waals surface area (Å²) in [6.07, 6.45) is -11.6. The summed E-state index contributed by atoms with van der Waals surface area (Å²) in [7, 11) is 7.50. The monoisotopic (exact) mass is 1190 g/mol. The van der Waals surface area contributed by atoms with Gasteiger partial charge in [0.05, 0.1) is 95.0 Å². The fraction of sp³-hybridized carbons (Fsp3) is 0.767. The van der Waals surface area contributed by atoms with Crippen molar-refractivity contribution >= 4 is 11.6 Å². The van der Waals surface area contributed by atoms with E-state index in [0.29, 0.717) is 38.5 Å². The molecule has 6 fully saturated rings. The third kappa shape index (κ3) is 12.4. The molecule has 6 aliphatic heterocycles. The number of hydrogen-bond acceptors (Lipinski definition) is 24. The number of aromatic hydroxyl groups is 4. The third-order valence-electron chi connectivity index (χ3n) is 18.7. The molecule has 10 rings (SSSR count). The van der Waals surface area contributed by atoms with Gasteiger partial charge in [0.1, 0.15) is 47.4 Å². The molecule has 0 aromatic heterocycles. The van der Waals surface area contributed by atoms with E-state index in [4.69, 9.17) is 56.8 Å². The number of nitrogens with zero attached hydrogens (tertiary/aromatic N) is 2. The number of aliphatic hydroxyl groups excluding tert-OH is 3. The highest BCUT2D eigenvalue weighted by Crippen LogP contribution is 2.59. The number of phenols is 4. The van der Waals surface area contributed by atoms with Crippen LogP contribution in [0.15, 0.2) is 12.1 Å². The lowest BCUT2D eigenvalue weighted by Crippen LogP contribution is -2.58. The third-order valence-corrected chi connectivity index (χ3v) is 18.7. The van der Waals surface area contributed by atoms with Crippen molar-refractivity contribution in [2.75, 3.05) is 28.2 Å². The molecule has 84 heavy (non-hydrogen) atoms. The number of aliphatic hydroxyl groups is 4. The van der Waals surface area contributed by atoms with Crippen molar-refractivity contribution in [3.05, 3.63) is 45.5 Å². The van der Waals surface area contributed by atoms with Gasteiger partial charge in [-0.3, -0.25) is 9.59 Å². The van der Waals surface area contributed by atoms with Gasteiger partial charge in [0, 0.05) is 68.2 Å². The van der Waals surface area contributed by atoms with E-state index in [2.05, 4.69) is 0 Å². The quantitative estimate of drug-likeness (QED) is 0.0978. The average molecular weight is 1190 g/mol. The molecule has 0 saturated carbocycles. The summed E-state index contributed by atoms with van der Waals surface area (Å²) in [5, 5.41) is 92.1. The highest BCUT2D eigenvalue weighted by molar-refractivity contribution is 6.32. The van der Waals surface area contributed by atoms with E-state index in [9.17, 15) is 50.4 Å². The minimum Gasteiger partial charge on any atom is -0.507 e. The minimum absolute atomic E-state index is 0.0227. The van der Waals surface area contributed by atoms with E-state index in [1.54, 1.807) is 27.7 Å². The van der Waals surface area contributed by atoms with Crippen LogP contribution in [0.4, 0.5) is 0 Å². The zero-order valence-corrected chi connectivity index (χ0v) is 49.9. The van der Waals surface area contributed by atoms with Crippen LogP contribution < -0.4 is 0 Å². The number of ketones is 2. The lowest BCUT2D eigenvalue weighted by atomic mass is 9.70. The molecule has 2 aromatic rings. The van der Waals surface area contributed by atoms with Gasteiger partial charge in [0.15, 0.2) is 37.7 Å². The Kier molecular flexibility index (Phi) is 19.1. The second kappa shape index (κ2) is 25.4. The van der Waals surface area contributed by atoms with Crippen molar-refractivity contribution in [2.45, 2.75) is 266 Å². The van der Waals surface area contributed by atoms with Crippen molar-refractivity contribution in [3.8, 4) is 23.0 Å². The maximum atomic E-state index is 14.6. The second-order valence-corrected chi connectivity index (χ2v) is 24.9. The summed E-state index contributed by atoms with van der Waals surface area (Å²) in [5.74, 6) is -4.99. The van der Waals surface area contributed by atoms with Crippen LogP contribution in [-0.2, 0) is 56.8 Å². The Labute approximate surface area is 490 Å². The van der Waals surface area contributed by atoms with Gasteiger partial charge >= 0.3 is 0 Å². The van der Waals surface area contributed by atoms with Crippen molar-refractivity contribution < 1.29 is 107 Å². The standard InChI is InChI=1S/C60H88N2O22/c1-12-60(72)24-39(80-43-21-31(61(8)9)57(29(6)76-43)83-45-23-37(67)58(30(7)78-45)82-41-19-16-34(64)26(3)74-41)48-51(55(71)50-49(54(48)70)52(68)46-35(65)13-14-36(66)47(46)53(50)69)59(60)84-44-22-32(62(10)11)56(28(5)77-44)81-42-20-17-38(27(4)75-42)79-40-18-15-33(63)25(2)73-40/h13-14,25-34,37-45,56-59,63-67,70-72H,12,15-24H2,1-11H3/t25-,26+,27-,28-,29-,30-,31+,32+,33+,34+,37-,38+,39+,40+,41+,42+,43-,44+,45+,56-,57+,58+,59-,60-/m1/s1. The Morgan fingerprint density at radius 1 is 0.488 bits per heavy atom. The Bertz CT molecular complexity index is 2670. The molecule has 0 amide bonds. The molecule has 0 unspecified atom stereocenters. The van der Waals surface area contributed by atoms with E-state index < -0.39 is 179 Å². The molecule has 2 aliphatic carbocycles. The number of ether oxygens (including phenoxy) is 12. The molecule has 0 spiro atoms. The van der Waals surface area contributed by atoms with Crippen molar-refractivity contribution in [1.82, 2.24) is 9.80 Å². The van der Waals surface area contributed by atoms with E-state index in [-0.39, 0.29) is 67.6 Å². The smallest absolute Gasteiger partial charge is 0.202 e. The van der Waals surface area contributed by atoms with Gasteiger partial charge in [-0.25, -0.2) is 0 Å². The van der Waals surface area contributed by atoms with Crippen LogP contribution in [0.3, 0.4) is 0 Å². The normalized spacial score (nSPS) is 41.9. The first-order chi connectivity index (χ1) is 39.8. The zero-order chi connectivity index (χ0) is 60.5. The molecule has 0 bridgehead atoms. The van der Waals surface area contributed by atoms with Gasteiger partial charge in [-0.15, -0.1) is 0 Å². The summed E-state index contributed by atoms with van der Waals surface area (Å²) in [6.45, 7) is 12.6. The van der Waals surface area contributed by atoms with E-state index >= 15 is 0 Å². The summed E-state index contributed by atoms with van der Waals surface area (Å²) < 4.78 is 77.2. The molecule has 0 radical (unpaired) electrons. The minimum atomic E-state index is -1.93. The van der Waals surface area contributed by atoms with Gasteiger partial charge in [0.2, 0.25) is 11.6 Å². The first-order valence-corrected chi connectivity index (χ1v) is 30.0. The predicted octanol–water partition coefficient (Wildman–Crippen LogP) is 4.41. The van der Waals surface area contributed by atoms with Gasteiger partial charge < -0.3 is 107 Å². The molecule has 6 saturated heterocycles. The second-order valence-electron chi connectivity index (χ2n) is 24.9. The maximum absolute atomic E-state index is 14.6. The van der Waals surface area contributed by atoms with Crippen LogP contribution in [0.2, 0.25) is 0 Å². The summed E-state index contributed by atoms with van der Waals surface area (Å²) >= 11 is 0. The Morgan fingerprint density at radius 2 is 0.905 bits per heavy atom. The Hall–Kier alpha value is -3.74. The fourth-order valence-electron chi connectivity index (χ4n) is 13.8. The van der Waals surface area contributed by atoms with Crippen LogP contribution >= 0.6 is 0 Å². The molecular weight excluding hydrogens is 1100 g/mol. The van der Waals surface area contributed by atoms with Crippen LogP contribution in [0.1, 0.15) is 174 Å². The molecule has 24 atom stereocenters. The van der Waals surface area contributed by atoms with Crippen LogP contribution in [0.5, 0.6) is 23.0 Å². The molecule has 6 heterocycles. The number of rotatable bonds is 15. The number of benzene rings is 2. The number of hydrogen-bond donors (Lipinski definition) is 8. The zero-order valence-electron chi connectivity index (χ0n) is 49.9. The Balaban J connectivity index is 0.898. The topological polar surface area (TPSA) is 313 Å². The Morgan fingerprint density at radius 3 is 1.38 bits per heavy atom. The highest BCUT2D eigenvalue weighted by atomic mass is 16.8. The largest absolute Gasteiger partial charge is 0.507 e. The van der Waals surface area contributed by atoms with Gasteiger partial charge in [-0.1, -0.05) is 6.92 Å². The van der Waals surface area contributed by atoms with Crippen LogP contribution in [-0.4, -0.2) is 225 Å². The lowest BCUT2D eigenvalue weighted by Gasteiger charge is -2.50. The first kappa shape index (κ1) is 63.3. The predicted molar refractivity (Wildman–Crippen MR) is 294 cm³/mol. The average Bonchev–Trinajstić information content (AvgIpc) is 0.735. The number of fused-ring (bicyclic) bond motifs is 3. The summed E-state index contributed by atoms with van der Waals surface area (Å²) in [4.78, 5) is 33.1. The van der Waals surface area contributed by atoms with Crippen LogP contribution in [0.25, 0.3) is 0 Å². The van der Waals surface area contributed by atoms with Gasteiger partial charge in [-0.2, -0.15) is 0 Å².